The van der Waals surface area contributed by atoms with Gasteiger partial charge in [-0.3, -0.25) is 0 Å². The second-order valence-electron chi connectivity index (χ2n) is 4.31. The van der Waals surface area contributed by atoms with E-state index in [-0.39, 0.29) is 5.82 Å². The van der Waals surface area contributed by atoms with Gasteiger partial charge in [-0.15, -0.1) is 0 Å². The smallest absolute Gasteiger partial charge is 0.132 e. The third kappa shape index (κ3) is 1.85. The molecular weight excluding hydrogens is 217 g/mol. The zero-order chi connectivity index (χ0) is 11.7. The summed E-state index contributed by atoms with van der Waals surface area (Å²) in [7, 11) is 0. The molecule has 1 aromatic heterocycles. The number of rotatable bonds is 2. The molecule has 1 aromatic carbocycles. The van der Waals surface area contributed by atoms with Gasteiger partial charge in [0.1, 0.15) is 5.82 Å². The van der Waals surface area contributed by atoms with Crippen molar-refractivity contribution in [3.8, 4) is 11.3 Å². The molecule has 0 radical (unpaired) electrons. The van der Waals surface area contributed by atoms with E-state index in [1.807, 2.05) is 6.07 Å². The van der Waals surface area contributed by atoms with Crippen LogP contribution in [0.15, 0.2) is 36.8 Å². The van der Waals surface area contributed by atoms with E-state index in [0.717, 1.165) is 25.2 Å². The Hall–Kier alpha value is -1.68. The standard InChI is InChI=1S/C13H14FN3/c14-12-4-2-1-3-11(12)13-8-16-9-17(13)10-5-6-15-7-10/h1-4,8-10,15H,5-7H2. The fourth-order valence-corrected chi connectivity index (χ4v) is 2.35. The van der Waals surface area contributed by atoms with Crippen LogP contribution in [0, 0.1) is 5.82 Å². The van der Waals surface area contributed by atoms with Crippen molar-refractivity contribution in [2.45, 2.75) is 12.5 Å². The maximum Gasteiger partial charge on any atom is 0.132 e. The lowest BCUT2D eigenvalue weighted by Crippen LogP contribution is -2.13. The number of hydrogen-bond donors (Lipinski definition) is 1. The first kappa shape index (κ1) is 10.5. The number of nitrogens with zero attached hydrogens (tertiary/aromatic N) is 2. The first-order valence-corrected chi connectivity index (χ1v) is 5.84. The second-order valence-corrected chi connectivity index (χ2v) is 4.31. The van der Waals surface area contributed by atoms with E-state index in [2.05, 4.69) is 14.9 Å². The first-order valence-electron chi connectivity index (χ1n) is 5.84. The van der Waals surface area contributed by atoms with Gasteiger partial charge in [0.15, 0.2) is 0 Å². The summed E-state index contributed by atoms with van der Waals surface area (Å²) < 4.78 is 15.8. The first-order chi connectivity index (χ1) is 8.36. The highest BCUT2D eigenvalue weighted by Gasteiger charge is 2.20. The van der Waals surface area contributed by atoms with Gasteiger partial charge >= 0.3 is 0 Å². The summed E-state index contributed by atoms with van der Waals surface area (Å²) >= 11 is 0. The highest BCUT2D eigenvalue weighted by atomic mass is 19.1. The topological polar surface area (TPSA) is 29.9 Å². The van der Waals surface area contributed by atoms with Crippen molar-refractivity contribution in [2.24, 2.45) is 0 Å². The van der Waals surface area contributed by atoms with Gasteiger partial charge in [0.05, 0.1) is 18.2 Å². The van der Waals surface area contributed by atoms with Gasteiger partial charge in [-0.25, -0.2) is 9.37 Å². The SMILES string of the molecule is Fc1ccccc1-c1cncn1C1CCNC1. The Morgan fingerprint density at radius 1 is 1.35 bits per heavy atom. The lowest BCUT2D eigenvalue weighted by Gasteiger charge is -2.14. The van der Waals surface area contributed by atoms with Crippen molar-refractivity contribution in [3.63, 3.8) is 0 Å². The largest absolute Gasteiger partial charge is 0.326 e. The van der Waals surface area contributed by atoms with Crippen LogP contribution in [0.4, 0.5) is 4.39 Å². The average molecular weight is 231 g/mol. The molecule has 0 spiro atoms. The quantitative estimate of drug-likeness (QED) is 0.859. The zero-order valence-corrected chi connectivity index (χ0v) is 9.44. The molecule has 1 N–H and O–H groups in total. The lowest BCUT2D eigenvalue weighted by atomic mass is 10.1. The van der Waals surface area contributed by atoms with Gasteiger partial charge in [-0.2, -0.15) is 0 Å². The van der Waals surface area contributed by atoms with Gasteiger partial charge in [-0.1, -0.05) is 12.1 Å². The molecule has 0 saturated carbocycles. The Kier molecular flexibility index (Phi) is 2.65. The van der Waals surface area contributed by atoms with Crippen molar-refractivity contribution >= 4 is 0 Å². The fraction of sp³-hybridized carbons (Fsp3) is 0.308. The number of halogens is 1. The van der Waals surface area contributed by atoms with Crippen LogP contribution in [-0.2, 0) is 0 Å². The highest BCUT2D eigenvalue weighted by Crippen LogP contribution is 2.27. The van der Waals surface area contributed by atoms with Crippen molar-refractivity contribution in [3.05, 3.63) is 42.6 Å². The maximum atomic E-state index is 13.8. The number of aromatic nitrogens is 2. The Labute approximate surface area is 99.3 Å². The molecule has 1 saturated heterocycles. The van der Waals surface area contributed by atoms with Gasteiger partial charge in [-0.05, 0) is 25.1 Å². The predicted octanol–water partition coefficient (Wildman–Crippen LogP) is 2.22. The zero-order valence-electron chi connectivity index (χ0n) is 9.44. The Morgan fingerprint density at radius 3 is 3.00 bits per heavy atom. The summed E-state index contributed by atoms with van der Waals surface area (Å²) in [5.74, 6) is -0.194. The molecule has 0 bridgehead atoms. The summed E-state index contributed by atoms with van der Waals surface area (Å²) in [4.78, 5) is 4.15. The second kappa shape index (κ2) is 4.30. The van der Waals surface area contributed by atoms with Gasteiger partial charge in [0, 0.05) is 18.2 Å². The molecule has 1 unspecified atom stereocenters. The minimum Gasteiger partial charge on any atom is -0.326 e. The Morgan fingerprint density at radius 2 is 2.24 bits per heavy atom. The van der Waals surface area contributed by atoms with Crippen LogP contribution < -0.4 is 5.32 Å². The highest BCUT2D eigenvalue weighted by molar-refractivity contribution is 5.59. The van der Waals surface area contributed by atoms with Crippen LogP contribution in [0.2, 0.25) is 0 Å². The molecule has 3 rings (SSSR count). The molecule has 1 fully saturated rings. The van der Waals surface area contributed by atoms with Crippen molar-refractivity contribution in [1.82, 2.24) is 14.9 Å². The van der Waals surface area contributed by atoms with Crippen LogP contribution in [-0.4, -0.2) is 22.6 Å². The third-order valence-corrected chi connectivity index (χ3v) is 3.24. The van der Waals surface area contributed by atoms with Gasteiger partial charge in [0.2, 0.25) is 0 Å². The molecule has 88 valence electrons. The van der Waals surface area contributed by atoms with Crippen LogP contribution in [0.5, 0.6) is 0 Å². The summed E-state index contributed by atoms with van der Waals surface area (Å²) in [5.41, 5.74) is 1.48. The van der Waals surface area contributed by atoms with Crippen molar-refractivity contribution in [2.75, 3.05) is 13.1 Å². The summed E-state index contributed by atoms with van der Waals surface area (Å²) in [5, 5.41) is 3.31. The molecule has 4 heteroatoms. The van der Waals surface area contributed by atoms with E-state index in [1.54, 1.807) is 24.7 Å². The molecule has 17 heavy (non-hydrogen) atoms. The van der Waals surface area contributed by atoms with Crippen molar-refractivity contribution < 1.29 is 4.39 Å². The monoisotopic (exact) mass is 231 g/mol. The molecule has 2 heterocycles. The van der Waals surface area contributed by atoms with Crippen molar-refractivity contribution in [1.29, 1.82) is 0 Å². The summed E-state index contributed by atoms with van der Waals surface area (Å²) in [6.45, 7) is 1.94. The third-order valence-electron chi connectivity index (χ3n) is 3.24. The number of hydrogen-bond acceptors (Lipinski definition) is 2. The molecule has 1 aliphatic rings. The minimum absolute atomic E-state index is 0.194. The molecule has 0 amide bonds. The predicted molar refractivity (Wildman–Crippen MR) is 64.1 cm³/mol. The summed E-state index contributed by atoms with van der Waals surface area (Å²) in [6.07, 6.45) is 4.59. The molecule has 0 aliphatic carbocycles. The van der Waals surface area contributed by atoms with Gasteiger partial charge in [0.25, 0.3) is 0 Å². The van der Waals surface area contributed by atoms with E-state index < -0.39 is 0 Å². The van der Waals surface area contributed by atoms with E-state index in [1.165, 1.54) is 6.07 Å². The number of imidazole rings is 1. The molecular formula is C13H14FN3. The van der Waals surface area contributed by atoms with Crippen LogP contribution in [0.3, 0.4) is 0 Å². The fourth-order valence-electron chi connectivity index (χ4n) is 2.35. The Balaban J connectivity index is 2.04. The van der Waals surface area contributed by atoms with Crippen LogP contribution in [0.1, 0.15) is 12.5 Å². The molecule has 3 nitrogen and oxygen atoms in total. The molecule has 1 atom stereocenters. The molecule has 2 aromatic rings. The van der Waals surface area contributed by atoms with E-state index in [4.69, 9.17) is 0 Å². The number of benzene rings is 1. The van der Waals surface area contributed by atoms with E-state index in [9.17, 15) is 4.39 Å². The minimum atomic E-state index is -0.194. The van der Waals surface area contributed by atoms with E-state index in [0.29, 0.717) is 11.6 Å². The molecule has 1 aliphatic heterocycles. The summed E-state index contributed by atoms with van der Waals surface area (Å²) in [6, 6.07) is 7.22. The van der Waals surface area contributed by atoms with Crippen LogP contribution >= 0.6 is 0 Å². The average Bonchev–Trinajstić information content (AvgIpc) is 3.00. The van der Waals surface area contributed by atoms with Crippen LogP contribution in [0.25, 0.3) is 11.3 Å². The Bertz CT molecular complexity index is 515. The maximum absolute atomic E-state index is 13.8. The lowest BCUT2D eigenvalue weighted by molar-refractivity contribution is 0.548. The normalized spacial score (nSPS) is 19.7. The number of nitrogens with one attached hydrogen (secondary N) is 1. The van der Waals surface area contributed by atoms with E-state index >= 15 is 0 Å². The van der Waals surface area contributed by atoms with Gasteiger partial charge < -0.3 is 9.88 Å².